The summed E-state index contributed by atoms with van der Waals surface area (Å²) in [7, 11) is 0. The number of thioether (sulfide) groups is 1. The number of thiophene rings is 1. The van der Waals surface area contributed by atoms with Crippen LogP contribution in [0.1, 0.15) is 34.6 Å². The average Bonchev–Trinajstić information content (AvgIpc) is 3.37. The Morgan fingerprint density at radius 2 is 1.75 bits per heavy atom. The molecule has 0 bridgehead atoms. The fourth-order valence-corrected chi connectivity index (χ4v) is 5.65. The number of carbonyl (C=O) groups excluding carboxylic acids is 3. The van der Waals surface area contributed by atoms with Crippen LogP contribution in [0.15, 0.2) is 89.1 Å². The molecule has 11 heteroatoms. The predicted molar refractivity (Wildman–Crippen MR) is 157 cm³/mol. The number of nitrogens with one attached hydrogen (secondary N) is 2. The Morgan fingerprint density at radius 1 is 1.00 bits per heavy atom. The molecular weight excluding hydrogens is 550 g/mol. The van der Waals surface area contributed by atoms with Crippen LogP contribution in [0.25, 0.3) is 11.1 Å². The molecule has 1 unspecified atom stereocenters. The molecule has 0 saturated heterocycles. The Labute approximate surface area is 238 Å². The van der Waals surface area contributed by atoms with Crippen molar-refractivity contribution in [3.05, 3.63) is 105 Å². The molecule has 0 spiro atoms. The second-order valence-electron chi connectivity index (χ2n) is 8.48. The van der Waals surface area contributed by atoms with E-state index >= 15 is 0 Å². The number of anilines is 2. The maximum Gasteiger partial charge on any atom is 0.341 e. The molecule has 40 heavy (non-hydrogen) atoms. The minimum atomic E-state index is -0.561. The van der Waals surface area contributed by atoms with Crippen LogP contribution in [-0.4, -0.2) is 34.6 Å². The number of carbonyl (C=O) groups is 3. The van der Waals surface area contributed by atoms with Gasteiger partial charge in [-0.15, -0.1) is 23.1 Å². The maximum atomic E-state index is 13.1. The van der Waals surface area contributed by atoms with Crippen molar-refractivity contribution in [1.29, 1.82) is 0 Å². The number of esters is 1. The van der Waals surface area contributed by atoms with Gasteiger partial charge >= 0.3 is 5.97 Å². The maximum absolute atomic E-state index is 13.1. The van der Waals surface area contributed by atoms with E-state index < -0.39 is 22.0 Å². The van der Waals surface area contributed by atoms with E-state index in [0.717, 1.165) is 10.5 Å². The van der Waals surface area contributed by atoms with Crippen LogP contribution in [0, 0.1) is 10.1 Å². The molecule has 1 aromatic heterocycles. The Balaban J connectivity index is 1.46. The summed E-state index contributed by atoms with van der Waals surface area (Å²) in [5, 5.41) is 18.3. The molecule has 2 N–H and O–H groups in total. The number of benzene rings is 3. The molecule has 1 heterocycles. The lowest BCUT2D eigenvalue weighted by molar-refractivity contribution is -0.384. The fourth-order valence-electron chi connectivity index (χ4n) is 3.77. The third-order valence-corrected chi connectivity index (χ3v) is 7.67. The summed E-state index contributed by atoms with van der Waals surface area (Å²) in [4.78, 5) is 49.7. The highest BCUT2D eigenvalue weighted by molar-refractivity contribution is 8.00. The molecule has 0 radical (unpaired) electrons. The van der Waals surface area contributed by atoms with E-state index in [2.05, 4.69) is 10.6 Å². The summed E-state index contributed by atoms with van der Waals surface area (Å²) in [6.07, 6.45) is 0. The summed E-state index contributed by atoms with van der Waals surface area (Å²) in [5.74, 6) is -1.30. The van der Waals surface area contributed by atoms with Crippen LogP contribution in [0.5, 0.6) is 0 Å². The van der Waals surface area contributed by atoms with Crippen molar-refractivity contribution < 1.29 is 24.0 Å². The van der Waals surface area contributed by atoms with Gasteiger partial charge in [-0.3, -0.25) is 19.7 Å². The Morgan fingerprint density at radius 3 is 2.48 bits per heavy atom. The van der Waals surface area contributed by atoms with Gasteiger partial charge in [0.05, 0.1) is 16.8 Å². The second kappa shape index (κ2) is 13.0. The topological polar surface area (TPSA) is 128 Å². The molecule has 1 atom stereocenters. The predicted octanol–water partition coefficient (Wildman–Crippen LogP) is 6.87. The summed E-state index contributed by atoms with van der Waals surface area (Å²) >= 11 is 2.53. The van der Waals surface area contributed by atoms with Crippen molar-refractivity contribution in [3.63, 3.8) is 0 Å². The molecule has 204 valence electrons. The number of hydrogen-bond donors (Lipinski definition) is 2. The summed E-state index contributed by atoms with van der Waals surface area (Å²) in [5.41, 5.74) is 2.30. The Hall–Kier alpha value is -4.48. The summed E-state index contributed by atoms with van der Waals surface area (Å²) < 4.78 is 5.27. The number of hydrogen-bond acceptors (Lipinski definition) is 8. The van der Waals surface area contributed by atoms with Crippen LogP contribution in [0.4, 0.5) is 16.4 Å². The van der Waals surface area contributed by atoms with E-state index in [-0.39, 0.29) is 23.8 Å². The number of non-ortho nitro benzene ring substituents is 1. The van der Waals surface area contributed by atoms with E-state index in [0.29, 0.717) is 21.8 Å². The first-order valence-corrected chi connectivity index (χ1v) is 14.0. The third-order valence-electron chi connectivity index (χ3n) is 5.69. The van der Waals surface area contributed by atoms with Gasteiger partial charge < -0.3 is 15.4 Å². The van der Waals surface area contributed by atoms with E-state index in [1.54, 1.807) is 38.1 Å². The van der Waals surface area contributed by atoms with E-state index in [1.165, 1.54) is 47.4 Å². The number of amides is 2. The van der Waals surface area contributed by atoms with Gasteiger partial charge in [-0.25, -0.2) is 4.79 Å². The van der Waals surface area contributed by atoms with Gasteiger partial charge in [0.1, 0.15) is 10.6 Å². The molecule has 0 saturated carbocycles. The summed E-state index contributed by atoms with van der Waals surface area (Å²) in [6, 6.07) is 21.8. The normalized spacial score (nSPS) is 11.3. The van der Waals surface area contributed by atoms with Crippen LogP contribution in [0.2, 0.25) is 0 Å². The smallest absolute Gasteiger partial charge is 0.341 e. The largest absolute Gasteiger partial charge is 0.462 e. The van der Waals surface area contributed by atoms with Crippen LogP contribution in [-0.2, 0) is 9.53 Å². The molecule has 2 amide bonds. The van der Waals surface area contributed by atoms with Crippen molar-refractivity contribution in [2.45, 2.75) is 24.0 Å². The second-order valence-corrected chi connectivity index (χ2v) is 10.8. The van der Waals surface area contributed by atoms with E-state index in [4.69, 9.17) is 4.74 Å². The van der Waals surface area contributed by atoms with Crippen molar-refractivity contribution in [1.82, 2.24) is 0 Å². The van der Waals surface area contributed by atoms with Crippen LogP contribution >= 0.6 is 23.1 Å². The fraction of sp³-hybridized carbons (Fsp3) is 0.138. The molecule has 0 fully saturated rings. The minimum absolute atomic E-state index is 0.156. The quantitative estimate of drug-likeness (QED) is 0.0914. The standard InChI is InChI=1S/C29H25N3O6S2/c1-3-38-29(35)25-24(19-9-5-4-6-10-19)17-39-28(25)31-26(33)18(2)40-23-14-8-12-21(16-23)30-27(34)20-11-7-13-22(15-20)32(36)37/h4-18H,3H2,1-2H3,(H,30,34)(H,31,33). The molecule has 0 aliphatic carbocycles. The van der Waals surface area contributed by atoms with Crippen LogP contribution in [0.3, 0.4) is 0 Å². The zero-order chi connectivity index (χ0) is 28.6. The summed E-state index contributed by atoms with van der Waals surface area (Å²) in [6.45, 7) is 3.67. The first-order chi connectivity index (χ1) is 19.3. The SMILES string of the molecule is CCOC(=O)c1c(-c2ccccc2)csc1NC(=O)C(C)Sc1cccc(NC(=O)c2cccc([N+](=O)[O-])c2)c1. The van der Waals surface area contributed by atoms with E-state index in [1.807, 2.05) is 35.7 Å². The monoisotopic (exact) mass is 575 g/mol. The van der Waals surface area contributed by atoms with Gasteiger partial charge in [-0.1, -0.05) is 42.5 Å². The highest BCUT2D eigenvalue weighted by Crippen LogP contribution is 2.37. The van der Waals surface area contributed by atoms with Crippen LogP contribution < -0.4 is 10.6 Å². The highest BCUT2D eigenvalue weighted by atomic mass is 32.2. The van der Waals surface area contributed by atoms with Gasteiger partial charge in [0, 0.05) is 39.2 Å². The third kappa shape index (κ3) is 6.93. The Bertz CT molecular complexity index is 1550. The number of nitrogens with zero attached hydrogens (tertiary/aromatic N) is 1. The first kappa shape index (κ1) is 28.5. The first-order valence-electron chi connectivity index (χ1n) is 12.2. The van der Waals surface area contributed by atoms with Gasteiger partial charge in [0.2, 0.25) is 5.91 Å². The molecular formula is C29H25N3O6S2. The zero-order valence-electron chi connectivity index (χ0n) is 21.6. The van der Waals surface area contributed by atoms with E-state index in [9.17, 15) is 24.5 Å². The van der Waals surface area contributed by atoms with Gasteiger partial charge in [-0.05, 0) is 43.7 Å². The molecule has 4 rings (SSSR count). The van der Waals surface area contributed by atoms with Gasteiger partial charge in [-0.2, -0.15) is 0 Å². The highest BCUT2D eigenvalue weighted by Gasteiger charge is 2.24. The van der Waals surface area contributed by atoms with Gasteiger partial charge in [0.15, 0.2) is 0 Å². The average molecular weight is 576 g/mol. The lowest BCUT2D eigenvalue weighted by atomic mass is 10.0. The number of nitro benzene ring substituents is 1. The van der Waals surface area contributed by atoms with Gasteiger partial charge in [0.25, 0.3) is 11.6 Å². The van der Waals surface area contributed by atoms with Crippen molar-refractivity contribution in [2.24, 2.45) is 0 Å². The van der Waals surface area contributed by atoms with Crippen molar-refractivity contribution in [2.75, 3.05) is 17.2 Å². The molecule has 0 aliphatic heterocycles. The Kier molecular flexibility index (Phi) is 9.31. The molecule has 0 aliphatic rings. The molecule has 4 aromatic rings. The zero-order valence-corrected chi connectivity index (χ0v) is 23.2. The van der Waals surface area contributed by atoms with Crippen molar-refractivity contribution >= 4 is 57.3 Å². The molecule has 9 nitrogen and oxygen atoms in total. The van der Waals surface area contributed by atoms with Crippen molar-refractivity contribution in [3.8, 4) is 11.1 Å². The lowest BCUT2D eigenvalue weighted by Gasteiger charge is -2.14. The lowest BCUT2D eigenvalue weighted by Crippen LogP contribution is -2.23. The number of ether oxygens (including phenoxy) is 1. The number of nitro groups is 1. The molecule has 3 aromatic carbocycles. The minimum Gasteiger partial charge on any atom is -0.462 e. The number of rotatable bonds is 10.